The fraction of sp³-hybridized carbons (Fsp3) is 0.227. The number of thiophene rings is 1. The summed E-state index contributed by atoms with van der Waals surface area (Å²) in [6, 6.07) is 13.7. The summed E-state index contributed by atoms with van der Waals surface area (Å²) in [5.74, 6) is -0.164. The smallest absolute Gasteiger partial charge is 0.259 e. The molecule has 3 heterocycles. The van der Waals surface area contributed by atoms with Gasteiger partial charge in [0.15, 0.2) is 0 Å². The van der Waals surface area contributed by atoms with Gasteiger partial charge >= 0.3 is 0 Å². The van der Waals surface area contributed by atoms with Crippen LogP contribution in [0.5, 0.6) is 0 Å². The van der Waals surface area contributed by atoms with E-state index in [2.05, 4.69) is 31.8 Å². The summed E-state index contributed by atoms with van der Waals surface area (Å²) >= 11 is 1.65. The maximum Gasteiger partial charge on any atom is 0.259 e. The van der Waals surface area contributed by atoms with Gasteiger partial charge in [-0.3, -0.25) is 4.79 Å². The normalized spacial score (nSPS) is 12.4. The predicted molar refractivity (Wildman–Crippen MR) is 115 cm³/mol. The van der Waals surface area contributed by atoms with Gasteiger partial charge in [0.2, 0.25) is 0 Å². The zero-order valence-electron chi connectivity index (χ0n) is 16.5. The standard InChI is InChI=1S/C22H22N4O2S/c1-14-20-17(21(27)23-12-19(26(2)3)16-9-10-29-13-16)11-18(24-22(20)28-25-14)15-7-5-4-6-8-15/h4-11,13,19H,12H2,1-3H3,(H,23,27)/t19-/m0/s1. The maximum absolute atomic E-state index is 13.2. The second-order valence-corrected chi connectivity index (χ2v) is 7.90. The molecular weight excluding hydrogens is 384 g/mol. The molecule has 0 saturated heterocycles. The van der Waals surface area contributed by atoms with Crippen molar-refractivity contribution in [1.29, 1.82) is 0 Å². The average molecular weight is 407 g/mol. The Morgan fingerprint density at radius 3 is 2.72 bits per heavy atom. The number of rotatable bonds is 6. The molecule has 1 atom stereocenters. The van der Waals surface area contributed by atoms with Crippen LogP contribution in [0.1, 0.15) is 27.7 Å². The van der Waals surface area contributed by atoms with E-state index in [0.717, 1.165) is 5.56 Å². The van der Waals surface area contributed by atoms with Crippen molar-refractivity contribution in [3.8, 4) is 11.3 Å². The summed E-state index contributed by atoms with van der Waals surface area (Å²) in [7, 11) is 4.02. The number of hydrogen-bond acceptors (Lipinski definition) is 6. The number of carbonyl (C=O) groups excluding carboxylic acids is 1. The highest BCUT2D eigenvalue weighted by atomic mass is 32.1. The van der Waals surface area contributed by atoms with E-state index >= 15 is 0 Å². The Hall–Kier alpha value is -3.03. The number of likely N-dealkylation sites (N-methyl/N-ethyl adjacent to an activating group) is 1. The maximum atomic E-state index is 13.2. The molecule has 1 N–H and O–H groups in total. The van der Waals surface area contributed by atoms with Crippen molar-refractivity contribution in [3.63, 3.8) is 0 Å². The number of benzene rings is 1. The average Bonchev–Trinajstić information content (AvgIpc) is 3.38. The predicted octanol–water partition coefficient (Wildman–Crippen LogP) is 4.29. The summed E-state index contributed by atoms with van der Waals surface area (Å²) in [5.41, 5.74) is 4.33. The summed E-state index contributed by atoms with van der Waals surface area (Å²) in [5, 5.41) is 11.9. The van der Waals surface area contributed by atoms with Crippen molar-refractivity contribution in [1.82, 2.24) is 20.4 Å². The first-order valence-electron chi connectivity index (χ1n) is 9.33. The molecule has 0 saturated carbocycles. The van der Waals surface area contributed by atoms with Gasteiger partial charge in [0.25, 0.3) is 11.6 Å². The Morgan fingerprint density at radius 1 is 1.24 bits per heavy atom. The van der Waals surface area contributed by atoms with Gasteiger partial charge in [-0.05, 0) is 49.5 Å². The molecular formula is C22H22N4O2S. The molecule has 0 aliphatic carbocycles. The first-order chi connectivity index (χ1) is 14.0. The summed E-state index contributed by atoms with van der Waals surface area (Å²) in [6.07, 6.45) is 0. The molecule has 7 heteroatoms. The van der Waals surface area contributed by atoms with Crippen molar-refractivity contribution >= 4 is 28.3 Å². The minimum atomic E-state index is -0.164. The van der Waals surface area contributed by atoms with Crippen molar-refractivity contribution in [2.24, 2.45) is 0 Å². The molecule has 0 radical (unpaired) electrons. The van der Waals surface area contributed by atoms with E-state index < -0.39 is 0 Å². The van der Waals surface area contributed by atoms with Gasteiger partial charge in [-0.1, -0.05) is 35.5 Å². The highest BCUT2D eigenvalue weighted by Gasteiger charge is 2.21. The lowest BCUT2D eigenvalue weighted by Gasteiger charge is -2.24. The summed E-state index contributed by atoms with van der Waals surface area (Å²) in [4.78, 5) is 19.8. The van der Waals surface area contributed by atoms with E-state index in [4.69, 9.17) is 4.52 Å². The molecule has 0 spiro atoms. The van der Waals surface area contributed by atoms with Gasteiger partial charge in [-0.15, -0.1) is 0 Å². The number of fused-ring (bicyclic) bond motifs is 1. The molecule has 1 aromatic carbocycles. The van der Waals surface area contributed by atoms with Crippen LogP contribution in [-0.2, 0) is 0 Å². The van der Waals surface area contributed by atoms with Crippen LogP contribution in [0.4, 0.5) is 0 Å². The molecule has 4 rings (SSSR count). The first-order valence-corrected chi connectivity index (χ1v) is 10.3. The number of hydrogen-bond donors (Lipinski definition) is 1. The Labute approximate surface area is 173 Å². The van der Waals surface area contributed by atoms with E-state index in [1.807, 2.05) is 62.8 Å². The van der Waals surface area contributed by atoms with E-state index in [1.165, 1.54) is 5.56 Å². The van der Waals surface area contributed by atoms with Crippen LogP contribution in [0.2, 0.25) is 0 Å². The SMILES string of the molecule is Cc1noc2nc(-c3ccccc3)cc(C(=O)NC[C@@H](c3ccsc3)N(C)C)c12. The molecule has 6 nitrogen and oxygen atoms in total. The molecule has 0 fully saturated rings. The van der Waals surface area contributed by atoms with E-state index in [-0.39, 0.29) is 11.9 Å². The van der Waals surface area contributed by atoms with Crippen LogP contribution in [0.25, 0.3) is 22.4 Å². The lowest BCUT2D eigenvalue weighted by Crippen LogP contribution is -2.34. The first kappa shape index (κ1) is 19.3. The Kier molecular flexibility index (Phi) is 5.42. The summed E-state index contributed by atoms with van der Waals surface area (Å²) in [6.45, 7) is 2.32. The fourth-order valence-corrected chi connectivity index (χ4v) is 4.09. The number of carbonyl (C=O) groups is 1. The zero-order chi connectivity index (χ0) is 20.4. The molecule has 0 aliphatic heterocycles. The molecule has 1 amide bonds. The third kappa shape index (κ3) is 3.92. The highest BCUT2D eigenvalue weighted by molar-refractivity contribution is 7.08. The fourth-order valence-electron chi connectivity index (χ4n) is 3.38. The topological polar surface area (TPSA) is 71.3 Å². The Bertz CT molecular complexity index is 1120. The third-order valence-electron chi connectivity index (χ3n) is 4.94. The van der Waals surface area contributed by atoms with Crippen molar-refractivity contribution < 1.29 is 9.32 Å². The number of pyridine rings is 1. The van der Waals surface area contributed by atoms with Crippen LogP contribution in [-0.4, -0.2) is 41.6 Å². The second-order valence-electron chi connectivity index (χ2n) is 7.12. The van der Waals surface area contributed by atoms with Crippen LogP contribution in [0.3, 0.4) is 0 Å². The monoisotopic (exact) mass is 406 g/mol. The van der Waals surface area contributed by atoms with E-state index in [0.29, 0.717) is 34.6 Å². The Morgan fingerprint density at radius 2 is 2.03 bits per heavy atom. The number of aromatic nitrogens is 2. The molecule has 0 unspecified atom stereocenters. The molecule has 0 bridgehead atoms. The number of aryl methyl sites for hydroxylation is 1. The minimum Gasteiger partial charge on any atom is -0.350 e. The van der Waals surface area contributed by atoms with E-state index in [1.54, 1.807) is 11.3 Å². The Balaban J connectivity index is 1.67. The zero-order valence-corrected chi connectivity index (χ0v) is 17.4. The van der Waals surface area contributed by atoms with Crippen LogP contribution in [0.15, 0.2) is 57.7 Å². The van der Waals surface area contributed by atoms with Crippen LogP contribution < -0.4 is 5.32 Å². The number of amides is 1. The van der Waals surface area contributed by atoms with Gasteiger partial charge in [0.1, 0.15) is 0 Å². The van der Waals surface area contributed by atoms with Crippen molar-refractivity contribution in [3.05, 3.63) is 70.0 Å². The molecule has 4 aromatic rings. The number of nitrogens with one attached hydrogen (secondary N) is 1. The molecule has 0 aliphatic rings. The molecule has 29 heavy (non-hydrogen) atoms. The molecule has 148 valence electrons. The number of nitrogens with zero attached hydrogens (tertiary/aromatic N) is 3. The second kappa shape index (κ2) is 8.14. The van der Waals surface area contributed by atoms with Crippen LogP contribution in [0, 0.1) is 6.92 Å². The van der Waals surface area contributed by atoms with Crippen molar-refractivity contribution in [2.75, 3.05) is 20.6 Å². The lowest BCUT2D eigenvalue weighted by molar-refractivity contribution is 0.0943. The van der Waals surface area contributed by atoms with Gasteiger partial charge in [0.05, 0.1) is 28.4 Å². The molecule has 3 aromatic heterocycles. The summed E-state index contributed by atoms with van der Waals surface area (Å²) < 4.78 is 5.38. The van der Waals surface area contributed by atoms with Crippen molar-refractivity contribution in [2.45, 2.75) is 13.0 Å². The largest absolute Gasteiger partial charge is 0.350 e. The van der Waals surface area contributed by atoms with Gasteiger partial charge < -0.3 is 14.7 Å². The van der Waals surface area contributed by atoms with Crippen LogP contribution >= 0.6 is 11.3 Å². The highest BCUT2D eigenvalue weighted by Crippen LogP contribution is 2.27. The van der Waals surface area contributed by atoms with Gasteiger partial charge in [-0.2, -0.15) is 11.3 Å². The minimum absolute atomic E-state index is 0.0969. The third-order valence-corrected chi connectivity index (χ3v) is 5.64. The quantitative estimate of drug-likeness (QED) is 0.517. The van der Waals surface area contributed by atoms with Gasteiger partial charge in [0, 0.05) is 12.1 Å². The lowest BCUT2D eigenvalue weighted by atomic mass is 10.0. The van der Waals surface area contributed by atoms with Gasteiger partial charge in [-0.25, -0.2) is 4.98 Å². The van der Waals surface area contributed by atoms with E-state index in [9.17, 15) is 4.79 Å².